The van der Waals surface area contributed by atoms with Gasteiger partial charge in [-0.15, -0.1) is 0 Å². The van der Waals surface area contributed by atoms with Gasteiger partial charge in [-0.2, -0.15) is 8.97 Å². The van der Waals surface area contributed by atoms with Crippen LogP contribution in [0, 0.1) is 0 Å². The van der Waals surface area contributed by atoms with Gasteiger partial charge in [0.2, 0.25) is 5.78 Å². The molecule has 19 heavy (non-hydrogen) atoms. The quantitative estimate of drug-likeness (QED) is 0.564. The van der Waals surface area contributed by atoms with Crippen molar-refractivity contribution in [2.45, 2.75) is 20.4 Å². The van der Waals surface area contributed by atoms with E-state index < -0.39 is 0 Å². The molecule has 0 bridgehead atoms. The molecule has 96 valence electrons. The predicted octanol–water partition coefficient (Wildman–Crippen LogP) is 2.26. The standard InChI is InChI=1S/C15H14N2O2/c1-3-16-13-9-11-7-5-4-6-8-12(11)17(13)14(10(2)18)15(16)19/h4-9H,3H2,1-2H3/p+1. The molecular weight excluding hydrogens is 240 g/mol. The number of carbonyl (C=O) groups excluding carboxylic acids is 1. The average molecular weight is 255 g/mol. The molecule has 0 radical (unpaired) electrons. The van der Waals surface area contributed by atoms with Gasteiger partial charge in [0.1, 0.15) is 5.69 Å². The van der Waals surface area contributed by atoms with Gasteiger partial charge in [0, 0.05) is 18.6 Å². The Bertz CT molecular complexity index is 758. The first-order valence-electron chi connectivity index (χ1n) is 6.31. The third kappa shape index (κ3) is 1.53. The number of aromatic hydroxyl groups is 1. The summed E-state index contributed by atoms with van der Waals surface area (Å²) in [5, 5.41) is 10.2. The van der Waals surface area contributed by atoms with E-state index >= 15 is 0 Å². The minimum Gasteiger partial charge on any atom is -0.475 e. The number of aromatic nitrogens is 2. The smallest absolute Gasteiger partial charge is 0.334 e. The molecule has 1 N–H and O–H groups in total. The highest BCUT2D eigenvalue weighted by atomic mass is 16.3. The first-order valence-corrected chi connectivity index (χ1v) is 6.31. The predicted molar refractivity (Wildman–Crippen MR) is 71.6 cm³/mol. The second-order valence-corrected chi connectivity index (χ2v) is 4.56. The molecule has 2 aliphatic rings. The minimum atomic E-state index is -0.140. The fourth-order valence-electron chi connectivity index (χ4n) is 2.60. The van der Waals surface area contributed by atoms with E-state index in [-0.39, 0.29) is 11.7 Å². The first kappa shape index (κ1) is 11.7. The van der Waals surface area contributed by atoms with Crippen molar-refractivity contribution < 1.29 is 14.3 Å². The molecule has 0 amide bonds. The summed E-state index contributed by atoms with van der Waals surface area (Å²) in [6.45, 7) is 4.04. The molecule has 0 spiro atoms. The van der Waals surface area contributed by atoms with Gasteiger partial charge in [-0.1, -0.05) is 24.3 Å². The topological polar surface area (TPSA) is 46.3 Å². The molecule has 3 rings (SSSR count). The number of carbonyl (C=O) groups is 1. The lowest BCUT2D eigenvalue weighted by Gasteiger charge is -1.93. The number of fused-ring (bicyclic) bond motifs is 3. The Morgan fingerprint density at radius 1 is 1.32 bits per heavy atom. The van der Waals surface area contributed by atoms with Crippen molar-refractivity contribution in [1.82, 2.24) is 4.57 Å². The highest BCUT2D eigenvalue weighted by Gasteiger charge is 2.32. The zero-order valence-electron chi connectivity index (χ0n) is 10.9. The highest BCUT2D eigenvalue weighted by Crippen LogP contribution is 2.27. The van der Waals surface area contributed by atoms with Crippen LogP contribution in [0.15, 0.2) is 36.4 Å². The van der Waals surface area contributed by atoms with E-state index in [4.69, 9.17) is 0 Å². The Labute approximate surface area is 110 Å². The summed E-state index contributed by atoms with van der Waals surface area (Å²) >= 11 is 0. The normalized spacial score (nSPS) is 11.3. The maximum Gasteiger partial charge on any atom is 0.334 e. The van der Waals surface area contributed by atoms with Crippen molar-refractivity contribution in [3.63, 3.8) is 0 Å². The lowest BCUT2D eigenvalue weighted by molar-refractivity contribution is -0.498. The summed E-state index contributed by atoms with van der Waals surface area (Å²) < 4.78 is 3.58. The number of ketones is 1. The molecule has 1 aliphatic carbocycles. The van der Waals surface area contributed by atoms with Crippen molar-refractivity contribution in [2.24, 2.45) is 0 Å². The number of Topliss-reactive ketones (excluding diaryl/α,β-unsaturated/α-hetero) is 1. The van der Waals surface area contributed by atoms with Gasteiger partial charge < -0.3 is 5.11 Å². The summed E-state index contributed by atoms with van der Waals surface area (Å²) in [6.07, 6.45) is 0. The van der Waals surface area contributed by atoms with Crippen LogP contribution in [0.1, 0.15) is 24.3 Å². The van der Waals surface area contributed by atoms with E-state index in [1.54, 1.807) is 4.57 Å². The Morgan fingerprint density at radius 3 is 2.74 bits per heavy atom. The van der Waals surface area contributed by atoms with Gasteiger partial charge in [0.15, 0.2) is 0 Å². The fraction of sp³-hybridized carbons (Fsp3) is 0.200. The van der Waals surface area contributed by atoms with Crippen LogP contribution in [-0.2, 0) is 6.54 Å². The molecule has 4 heteroatoms. The molecule has 0 atom stereocenters. The number of rotatable bonds is 2. The van der Waals surface area contributed by atoms with E-state index in [1.807, 2.05) is 47.7 Å². The van der Waals surface area contributed by atoms with Gasteiger partial charge in [0.25, 0.3) is 11.3 Å². The summed E-state index contributed by atoms with van der Waals surface area (Å²) in [5.74, 6) is -0.0999. The van der Waals surface area contributed by atoms with Gasteiger partial charge in [-0.25, -0.2) is 0 Å². The Balaban J connectivity index is 2.54. The summed E-state index contributed by atoms with van der Waals surface area (Å²) in [6, 6.07) is 11.8. The van der Waals surface area contributed by atoms with Crippen LogP contribution >= 0.6 is 0 Å². The van der Waals surface area contributed by atoms with E-state index in [0.717, 1.165) is 16.9 Å². The monoisotopic (exact) mass is 255 g/mol. The van der Waals surface area contributed by atoms with Crippen molar-refractivity contribution in [3.8, 4) is 17.1 Å². The molecule has 0 saturated heterocycles. The molecule has 0 fully saturated rings. The first-order chi connectivity index (χ1) is 9.15. The van der Waals surface area contributed by atoms with Crippen LogP contribution in [-0.4, -0.2) is 15.5 Å². The second kappa shape index (κ2) is 4.09. The van der Waals surface area contributed by atoms with Crippen molar-refractivity contribution in [2.75, 3.05) is 0 Å². The van der Waals surface area contributed by atoms with E-state index in [1.165, 1.54) is 6.92 Å². The molecule has 0 unspecified atom stereocenters. The maximum absolute atomic E-state index is 11.8. The van der Waals surface area contributed by atoms with Crippen molar-refractivity contribution >= 4 is 11.4 Å². The van der Waals surface area contributed by atoms with Crippen LogP contribution in [0.5, 0.6) is 5.88 Å². The molecule has 1 aromatic heterocycles. The van der Waals surface area contributed by atoms with Crippen LogP contribution in [0.2, 0.25) is 0 Å². The summed E-state index contributed by atoms with van der Waals surface area (Å²) in [7, 11) is 0. The van der Waals surface area contributed by atoms with Crippen LogP contribution < -0.4 is 4.40 Å². The minimum absolute atomic E-state index is 0.0402. The van der Waals surface area contributed by atoms with Crippen molar-refractivity contribution in [3.05, 3.63) is 42.1 Å². The van der Waals surface area contributed by atoms with Gasteiger partial charge >= 0.3 is 5.88 Å². The largest absolute Gasteiger partial charge is 0.475 e. The number of hydrogen-bond donors (Lipinski definition) is 1. The third-order valence-corrected chi connectivity index (χ3v) is 3.42. The molecule has 0 saturated carbocycles. The number of imidazole rings is 1. The van der Waals surface area contributed by atoms with Gasteiger partial charge in [-0.3, -0.25) is 4.79 Å². The number of nitrogens with zero attached hydrogens (tertiary/aromatic N) is 2. The fourth-order valence-corrected chi connectivity index (χ4v) is 2.60. The highest BCUT2D eigenvalue weighted by molar-refractivity contribution is 5.94. The molecule has 4 nitrogen and oxygen atoms in total. The Morgan fingerprint density at radius 2 is 2.05 bits per heavy atom. The number of hydrogen-bond acceptors (Lipinski definition) is 2. The lowest BCUT2D eigenvalue weighted by atomic mass is 10.2. The maximum atomic E-state index is 11.8. The van der Waals surface area contributed by atoms with E-state index in [0.29, 0.717) is 12.2 Å². The Kier molecular flexibility index (Phi) is 2.52. The molecule has 2 heterocycles. The molecule has 0 aromatic carbocycles. The van der Waals surface area contributed by atoms with Crippen LogP contribution in [0.4, 0.5) is 0 Å². The van der Waals surface area contributed by atoms with Crippen LogP contribution in [0.25, 0.3) is 16.9 Å². The lowest BCUT2D eigenvalue weighted by Crippen LogP contribution is -2.26. The zero-order valence-corrected chi connectivity index (χ0v) is 10.9. The molecule has 1 aliphatic heterocycles. The van der Waals surface area contributed by atoms with E-state index in [9.17, 15) is 9.90 Å². The average Bonchev–Trinajstić information content (AvgIpc) is 2.72. The van der Waals surface area contributed by atoms with Gasteiger partial charge in [0.05, 0.1) is 6.54 Å². The van der Waals surface area contributed by atoms with Crippen LogP contribution in [0.3, 0.4) is 0 Å². The van der Waals surface area contributed by atoms with E-state index in [2.05, 4.69) is 0 Å². The summed E-state index contributed by atoms with van der Waals surface area (Å²) in [5.41, 5.74) is 3.15. The zero-order chi connectivity index (χ0) is 13.6. The third-order valence-electron chi connectivity index (χ3n) is 3.42. The molecular formula is C15H15N2O2+. The second-order valence-electron chi connectivity index (χ2n) is 4.56. The van der Waals surface area contributed by atoms with Crippen molar-refractivity contribution in [1.29, 1.82) is 0 Å². The van der Waals surface area contributed by atoms with Gasteiger partial charge in [-0.05, 0) is 13.0 Å². The number of aryl methyl sites for hydroxylation is 1. The summed E-state index contributed by atoms with van der Waals surface area (Å²) in [4.78, 5) is 11.8. The Hall–Kier alpha value is -2.36. The molecule has 1 aromatic rings. The SMILES string of the molecule is CCn1c(O)c(C(C)=O)[n+]2c3cccccc-3cc12.